The van der Waals surface area contributed by atoms with E-state index in [0.29, 0.717) is 17.7 Å². The Morgan fingerprint density at radius 2 is 1.93 bits per heavy atom. The number of H-pyrrole nitrogens is 1. The van der Waals surface area contributed by atoms with Crippen LogP contribution in [0.2, 0.25) is 0 Å². The van der Waals surface area contributed by atoms with Crippen LogP contribution in [0.3, 0.4) is 0 Å². The largest absolute Gasteiger partial charge is 0.396 e. The van der Waals surface area contributed by atoms with E-state index in [2.05, 4.69) is 4.98 Å². The molecule has 4 nitrogen and oxygen atoms in total. The molecular weight excluding hydrogens is 194 g/mol. The maximum Gasteiger partial charge on any atom is 0.202 e. The minimum atomic E-state index is -0.183. The van der Waals surface area contributed by atoms with Gasteiger partial charge in [0.2, 0.25) is 5.78 Å². The quantitative estimate of drug-likeness (QED) is 0.750. The van der Waals surface area contributed by atoms with Crippen LogP contribution in [-0.2, 0) is 6.42 Å². The molecule has 0 saturated carbocycles. The molecule has 0 spiro atoms. The third kappa shape index (κ3) is 1.43. The number of ketones is 2. The SMILES string of the molecule is Cc1[nH]c2c(c1CCO)C(=O)C=CC2=O. The molecule has 0 radical (unpaired) electrons. The molecule has 0 fully saturated rings. The van der Waals surface area contributed by atoms with Gasteiger partial charge in [0.15, 0.2) is 5.78 Å². The monoisotopic (exact) mass is 205 g/mol. The highest BCUT2D eigenvalue weighted by atomic mass is 16.3. The number of fused-ring (bicyclic) bond motifs is 1. The standard InChI is InChI=1S/C11H11NO3/c1-6-7(4-5-13)10-8(14)2-3-9(15)11(10)12-6/h2-3,12-13H,4-5H2,1H3. The molecule has 0 unspecified atom stereocenters. The van der Waals surface area contributed by atoms with Crippen molar-refractivity contribution in [3.8, 4) is 0 Å². The van der Waals surface area contributed by atoms with E-state index in [1.54, 1.807) is 6.92 Å². The Kier molecular flexibility index (Phi) is 2.28. The second kappa shape index (κ2) is 3.47. The Bertz CT molecular complexity index is 468. The highest BCUT2D eigenvalue weighted by molar-refractivity contribution is 6.22. The number of aromatic amines is 1. The molecule has 78 valence electrons. The summed E-state index contributed by atoms with van der Waals surface area (Å²) in [5.41, 5.74) is 2.30. The van der Waals surface area contributed by atoms with Crippen molar-refractivity contribution < 1.29 is 14.7 Å². The number of aryl methyl sites for hydroxylation is 1. The average Bonchev–Trinajstić information content (AvgIpc) is 2.53. The first kappa shape index (κ1) is 9.86. The van der Waals surface area contributed by atoms with E-state index in [-0.39, 0.29) is 18.2 Å². The number of hydrogen-bond donors (Lipinski definition) is 2. The zero-order valence-electron chi connectivity index (χ0n) is 8.33. The van der Waals surface area contributed by atoms with Crippen molar-refractivity contribution in [2.45, 2.75) is 13.3 Å². The molecule has 1 heterocycles. The molecular formula is C11H11NO3. The van der Waals surface area contributed by atoms with Gasteiger partial charge in [0.1, 0.15) is 0 Å². The lowest BCUT2D eigenvalue weighted by Crippen LogP contribution is -2.12. The minimum Gasteiger partial charge on any atom is -0.396 e. The lowest BCUT2D eigenvalue weighted by Gasteiger charge is -2.05. The lowest BCUT2D eigenvalue weighted by molar-refractivity contribution is 0.0991. The lowest BCUT2D eigenvalue weighted by atomic mass is 9.96. The zero-order chi connectivity index (χ0) is 11.0. The van der Waals surface area contributed by atoms with Crippen LogP contribution in [0, 0.1) is 6.92 Å². The molecule has 1 aliphatic carbocycles. The van der Waals surface area contributed by atoms with Crippen molar-refractivity contribution in [1.82, 2.24) is 4.98 Å². The summed E-state index contributed by atoms with van der Waals surface area (Å²) in [6.45, 7) is 1.76. The number of carbonyl (C=O) groups excluding carboxylic acids is 2. The van der Waals surface area contributed by atoms with E-state index >= 15 is 0 Å². The molecule has 4 heteroatoms. The smallest absolute Gasteiger partial charge is 0.202 e. The first-order valence-electron chi connectivity index (χ1n) is 4.74. The van der Waals surface area contributed by atoms with Crippen LogP contribution in [0.15, 0.2) is 12.2 Å². The number of aliphatic hydroxyl groups excluding tert-OH is 1. The summed E-state index contributed by atoms with van der Waals surface area (Å²) in [7, 11) is 0. The van der Waals surface area contributed by atoms with Gasteiger partial charge in [0.25, 0.3) is 0 Å². The van der Waals surface area contributed by atoms with Crippen molar-refractivity contribution in [2.24, 2.45) is 0 Å². The number of rotatable bonds is 2. The van der Waals surface area contributed by atoms with Gasteiger partial charge in [-0.25, -0.2) is 0 Å². The molecule has 0 aliphatic heterocycles. The minimum absolute atomic E-state index is 0.0314. The Morgan fingerprint density at radius 1 is 1.27 bits per heavy atom. The van der Waals surface area contributed by atoms with Crippen LogP contribution < -0.4 is 0 Å². The first-order chi connectivity index (χ1) is 7.15. The summed E-state index contributed by atoms with van der Waals surface area (Å²) in [6, 6.07) is 0. The van der Waals surface area contributed by atoms with Gasteiger partial charge in [-0.15, -0.1) is 0 Å². The maximum absolute atomic E-state index is 11.6. The van der Waals surface area contributed by atoms with Crippen molar-refractivity contribution >= 4 is 11.6 Å². The van der Waals surface area contributed by atoms with Gasteiger partial charge in [0.05, 0.1) is 11.3 Å². The predicted octanol–water partition coefficient (Wildman–Crippen LogP) is 0.793. The van der Waals surface area contributed by atoms with Gasteiger partial charge in [0, 0.05) is 12.3 Å². The number of carbonyl (C=O) groups is 2. The molecule has 1 aromatic rings. The van der Waals surface area contributed by atoms with Gasteiger partial charge < -0.3 is 10.1 Å². The number of aromatic nitrogens is 1. The van der Waals surface area contributed by atoms with E-state index in [4.69, 9.17) is 5.11 Å². The number of nitrogens with one attached hydrogen (secondary N) is 1. The number of aliphatic hydroxyl groups is 1. The van der Waals surface area contributed by atoms with Crippen LogP contribution >= 0.6 is 0 Å². The van der Waals surface area contributed by atoms with E-state index in [1.807, 2.05) is 0 Å². The highest BCUT2D eigenvalue weighted by Crippen LogP contribution is 2.23. The topological polar surface area (TPSA) is 70.2 Å². The molecule has 0 bridgehead atoms. The van der Waals surface area contributed by atoms with Crippen LogP contribution in [0.25, 0.3) is 0 Å². The second-order valence-electron chi connectivity index (χ2n) is 3.51. The molecule has 0 atom stereocenters. The molecule has 0 saturated heterocycles. The van der Waals surface area contributed by atoms with Crippen LogP contribution in [0.4, 0.5) is 0 Å². The van der Waals surface area contributed by atoms with Crippen molar-refractivity contribution in [1.29, 1.82) is 0 Å². The molecule has 0 amide bonds. The summed E-state index contributed by atoms with van der Waals surface area (Å²) < 4.78 is 0. The van der Waals surface area contributed by atoms with E-state index in [0.717, 1.165) is 11.3 Å². The van der Waals surface area contributed by atoms with Crippen molar-refractivity contribution in [3.63, 3.8) is 0 Å². The Hall–Kier alpha value is -1.68. The zero-order valence-corrected chi connectivity index (χ0v) is 8.33. The Labute approximate surface area is 86.6 Å². The summed E-state index contributed by atoms with van der Waals surface area (Å²) in [5, 5.41) is 8.89. The predicted molar refractivity (Wildman–Crippen MR) is 54.1 cm³/mol. The number of hydrogen-bond acceptors (Lipinski definition) is 3. The molecule has 2 N–H and O–H groups in total. The Morgan fingerprint density at radius 3 is 2.60 bits per heavy atom. The average molecular weight is 205 g/mol. The van der Waals surface area contributed by atoms with E-state index in [1.165, 1.54) is 12.2 Å². The molecule has 2 rings (SSSR count). The third-order valence-electron chi connectivity index (χ3n) is 2.56. The van der Waals surface area contributed by atoms with Crippen molar-refractivity contribution in [2.75, 3.05) is 6.61 Å². The summed E-state index contributed by atoms with van der Waals surface area (Å²) in [4.78, 5) is 26.0. The number of allylic oxidation sites excluding steroid dienone is 2. The Balaban J connectivity index is 2.61. The summed E-state index contributed by atoms with van der Waals surface area (Å²) in [5.74, 6) is -0.353. The second-order valence-corrected chi connectivity index (χ2v) is 3.51. The van der Waals surface area contributed by atoms with Gasteiger partial charge in [-0.3, -0.25) is 9.59 Å². The highest BCUT2D eigenvalue weighted by Gasteiger charge is 2.25. The molecule has 1 aliphatic rings. The van der Waals surface area contributed by atoms with Crippen molar-refractivity contribution in [3.05, 3.63) is 34.7 Å². The maximum atomic E-state index is 11.6. The van der Waals surface area contributed by atoms with E-state index < -0.39 is 0 Å². The third-order valence-corrected chi connectivity index (χ3v) is 2.56. The van der Waals surface area contributed by atoms with Gasteiger partial charge in [-0.05, 0) is 31.1 Å². The molecule has 1 aromatic heterocycles. The summed E-state index contributed by atoms with van der Waals surface area (Å²) in [6.07, 6.45) is 2.94. The van der Waals surface area contributed by atoms with Gasteiger partial charge in [-0.1, -0.05) is 0 Å². The normalized spacial score (nSPS) is 14.5. The van der Waals surface area contributed by atoms with Crippen LogP contribution in [0.5, 0.6) is 0 Å². The fraction of sp³-hybridized carbons (Fsp3) is 0.273. The van der Waals surface area contributed by atoms with Gasteiger partial charge >= 0.3 is 0 Å². The van der Waals surface area contributed by atoms with Crippen LogP contribution in [0.1, 0.15) is 32.1 Å². The van der Waals surface area contributed by atoms with E-state index in [9.17, 15) is 9.59 Å². The first-order valence-corrected chi connectivity index (χ1v) is 4.74. The summed E-state index contributed by atoms with van der Waals surface area (Å²) >= 11 is 0. The van der Waals surface area contributed by atoms with Gasteiger partial charge in [-0.2, -0.15) is 0 Å². The molecule has 0 aromatic carbocycles. The molecule has 15 heavy (non-hydrogen) atoms. The fourth-order valence-electron chi connectivity index (χ4n) is 1.86. The van der Waals surface area contributed by atoms with Crippen LogP contribution in [-0.4, -0.2) is 28.3 Å². The fourth-order valence-corrected chi connectivity index (χ4v) is 1.86.